The molecule has 0 radical (unpaired) electrons. The van der Waals surface area contributed by atoms with E-state index in [0.717, 1.165) is 42.9 Å². The zero-order valence-electron chi connectivity index (χ0n) is 12.1. The molecule has 0 fully saturated rings. The van der Waals surface area contributed by atoms with Gasteiger partial charge in [-0.2, -0.15) is 0 Å². The van der Waals surface area contributed by atoms with Crippen LogP contribution in [-0.2, 0) is 0 Å². The molecule has 1 atom stereocenters. The minimum Gasteiger partial charge on any atom is -0.394 e. The summed E-state index contributed by atoms with van der Waals surface area (Å²) in [5.41, 5.74) is 0.930. The fraction of sp³-hybridized carbons (Fsp3) is 0.235. The van der Waals surface area contributed by atoms with Crippen LogP contribution in [0, 0.1) is 0 Å². The van der Waals surface area contributed by atoms with Crippen molar-refractivity contribution in [1.29, 1.82) is 0 Å². The molecule has 5 heteroatoms. The van der Waals surface area contributed by atoms with Crippen LogP contribution in [0.2, 0.25) is 0 Å². The lowest BCUT2D eigenvalue weighted by Gasteiger charge is -2.17. The van der Waals surface area contributed by atoms with E-state index in [9.17, 15) is 5.11 Å². The van der Waals surface area contributed by atoms with Gasteiger partial charge in [-0.05, 0) is 36.1 Å². The van der Waals surface area contributed by atoms with Crippen molar-refractivity contribution in [3.05, 3.63) is 45.3 Å². The van der Waals surface area contributed by atoms with Gasteiger partial charge in [-0.3, -0.25) is 0 Å². The van der Waals surface area contributed by atoms with Gasteiger partial charge in [0.2, 0.25) is 0 Å². The largest absolute Gasteiger partial charge is 0.394 e. The number of rotatable bonds is 4. The number of hydrogen-bond donors (Lipinski definition) is 2. The van der Waals surface area contributed by atoms with Crippen LogP contribution in [0.25, 0.3) is 21.7 Å². The summed E-state index contributed by atoms with van der Waals surface area (Å²) in [4.78, 5) is 4.77. The highest BCUT2D eigenvalue weighted by molar-refractivity contribution is 9.10. The topological polar surface area (TPSA) is 45.1 Å². The van der Waals surface area contributed by atoms with Gasteiger partial charge >= 0.3 is 0 Å². The van der Waals surface area contributed by atoms with Crippen LogP contribution in [-0.4, -0.2) is 22.7 Å². The molecule has 0 aliphatic carbocycles. The highest BCUT2D eigenvalue weighted by Gasteiger charge is 2.12. The molecule has 3 nitrogen and oxygen atoms in total. The van der Waals surface area contributed by atoms with Crippen LogP contribution >= 0.6 is 31.9 Å². The Hall–Kier alpha value is -1.17. The number of nitrogens with zero attached hydrogens (tertiary/aromatic N) is 1. The third kappa shape index (κ3) is 2.98. The highest BCUT2D eigenvalue weighted by atomic mass is 79.9. The zero-order chi connectivity index (χ0) is 15.7. The van der Waals surface area contributed by atoms with Crippen molar-refractivity contribution < 1.29 is 5.11 Å². The highest BCUT2D eigenvalue weighted by Crippen LogP contribution is 2.33. The molecule has 0 aliphatic heterocycles. The van der Waals surface area contributed by atoms with E-state index in [2.05, 4.69) is 55.4 Å². The lowest BCUT2D eigenvalue weighted by molar-refractivity contribution is 0.271. The first-order valence-corrected chi connectivity index (χ1v) is 8.77. The number of hydrogen-bond acceptors (Lipinski definition) is 3. The zero-order valence-corrected chi connectivity index (χ0v) is 15.3. The molecule has 0 aliphatic rings. The fourth-order valence-electron chi connectivity index (χ4n) is 2.53. The van der Waals surface area contributed by atoms with E-state index < -0.39 is 0 Å². The fourth-order valence-corrected chi connectivity index (χ4v) is 3.24. The molecular weight excluding hydrogens is 408 g/mol. The number of nitrogens with one attached hydrogen (secondary N) is 1. The predicted octanol–water partition coefficient (Wildman–Crippen LogP) is 5.10. The summed E-state index contributed by atoms with van der Waals surface area (Å²) >= 11 is 7.03. The Morgan fingerprint density at radius 3 is 2.41 bits per heavy atom. The van der Waals surface area contributed by atoms with E-state index in [-0.39, 0.29) is 12.6 Å². The van der Waals surface area contributed by atoms with E-state index in [1.165, 1.54) is 0 Å². The maximum atomic E-state index is 9.46. The standard InChI is InChI=1S/C17H16Br2N2O/c1-2-12(9-22)20-17-15-7-10(18)3-5-13(15)14-6-4-11(19)8-16(14)21-17/h3-8,12,22H,2,9H2,1H3,(H,20,21)/t12-/m0/s1. The second-order valence-corrected chi connectivity index (χ2v) is 7.08. The van der Waals surface area contributed by atoms with E-state index in [4.69, 9.17) is 4.98 Å². The Kier molecular flexibility index (Phi) is 4.66. The first-order chi connectivity index (χ1) is 10.6. The molecule has 1 aromatic heterocycles. The van der Waals surface area contributed by atoms with Crippen molar-refractivity contribution in [3.8, 4) is 0 Å². The summed E-state index contributed by atoms with van der Waals surface area (Å²) in [6.07, 6.45) is 0.837. The molecule has 0 spiro atoms. The number of halogens is 2. The van der Waals surface area contributed by atoms with Crippen LogP contribution in [0.4, 0.5) is 5.82 Å². The van der Waals surface area contributed by atoms with Crippen LogP contribution in [0.3, 0.4) is 0 Å². The van der Waals surface area contributed by atoms with E-state index in [1.54, 1.807) is 0 Å². The molecule has 22 heavy (non-hydrogen) atoms. The lowest BCUT2D eigenvalue weighted by atomic mass is 10.1. The molecule has 3 aromatic rings. The number of benzene rings is 2. The van der Waals surface area contributed by atoms with Gasteiger partial charge in [-0.1, -0.05) is 50.9 Å². The third-order valence-corrected chi connectivity index (χ3v) is 4.76. The van der Waals surface area contributed by atoms with Crippen molar-refractivity contribution in [2.75, 3.05) is 11.9 Å². The SMILES string of the molecule is CC[C@@H](CO)Nc1nc2cc(Br)ccc2c2ccc(Br)cc12. The Morgan fingerprint density at radius 1 is 1.05 bits per heavy atom. The monoisotopic (exact) mass is 422 g/mol. The van der Waals surface area contributed by atoms with Crippen molar-refractivity contribution in [2.24, 2.45) is 0 Å². The Labute approximate surface area is 146 Å². The summed E-state index contributed by atoms with van der Waals surface area (Å²) in [6, 6.07) is 12.3. The maximum absolute atomic E-state index is 9.46. The van der Waals surface area contributed by atoms with Gasteiger partial charge in [0.25, 0.3) is 0 Å². The molecule has 2 N–H and O–H groups in total. The number of anilines is 1. The molecule has 1 heterocycles. The summed E-state index contributed by atoms with van der Waals surface area (Å²) in [5.74, 6) is 0.808. The molecule has 114 valence electrons. The maximum Gasteiger partial charge on any atom is 0.134 e. The first-order valence-electron chi connectivity index (χ1n) is 7.18. The summed E-state index contributed by atoms with van der Waals surface area (Å²) in [7, 11) is 0. The third-order valence-electron chi connectivity index (χ3n) is 3.77. The van der Waals surface area contributed by atoms with E-state index >= 15 is 0 Å². The average Bonchev–Trinajstić information content (AvgIpc) is 2.52. The van der Waals surface area contributed by atoms with Gasteiger partial charge in [-0.25, -0.2) is 4.98 Å². The first kappa shape index (κ1) is 15.7. The van der Waals surface area contributed by atoms with Crippen LogP contribution in [0.15, 0.2) is 45.3 Å². The van der Waals surface area contributed by atoms with Gasteiger partial charge in [0, 0.05) is 19.7 Å². The van der Waals surface area contributed by atoms with Gasteiger partial charge in [0.1, 0.15) is 5.82 Å². The molecule has 0 bridgehead atoms. The smallest absolute Gasteiger partial charge is 0.134 e. The predicted molar refractivity (Wildman–Crippen MR) is 99.4 cm³/mol. The van der Waals surface area contributed by atoms with Gasteiger partial charge < -0.3 is 10.4 Å². The normalized spacial score (nSPS) is 12.7. The molecule has 2 aromatic carbocycles. The Balaban J connectivity index is 2.29. The van der Waals surface area contributed by atoms with E-state index in [1.807, 2.05) is 25.1 Å². The number of fused-ring (bicyclic) bond motifs is 3. The molecule has 0 amide bonds. The minimum atomic E-state index is -0.000662. The summed E-state index contributed by atoms with van der Waals surface area (Å²) in [6.45, 7) is 2.13. The molecule has 0 unspecified atom stereocenters. The number of aliphatic hydroxyl groups is 1. The number of aromatic nitrogens is 1. The van der Waals surface area contributed by atoms with Gasteiger partial charge in [0.05, 0.1) is 18.2 Å². The lowest BCUT2D eigenvalue weighted by Crippen LogP contribution is -2.23. The van der Waals surface area contributed by atoms with Crippen molar-refractivity contribution >= 4 is 59.4 Å². The summed E-state index contributed by atoms with van der Waals surface area (Å²) < 4.78 is 2.02. The molecule has 0 saturated carbocycles. The summed E-state index contributed by atoms with van der Waals surface area (Å²) in [5, 5.41) is 16.1. The van der Waals surface area contributed by atoms with Crippen molar-refractivity contribution in [2.45, 2.75) is 19.4 Å². The molecule has 3 rings (SSSR count). The van der Waals surface area contributed by atoms with Gasteiger partial charge in [-0.15, -0.1) is 0 Å². The number of aliphatic hydroxyl groups excluding tert-OH is 1. The number of pyridine rings is 1. The van der Waals surface area contributed by atoms with Crippen LogP contribution < -0.4 is 5.32 Å². The van der Waals surface area contributed by atoms with Crippen LogP contribution in [0.1, 0.15) is 13.3 Å². The average molecular weight is 424 g/mol. The molecular formula is C17H16Br2N2O. The second-order valence-electron chi connectivity index (χ2n) is 5.24. The van der Waals surface area contributed by atoms with Crippen molar-refractivity contribution in [3.63, 3.8) is 0 Å². The Morgan fingerprint density at radius 2 is 1.73 bits per heavy atom. The van der Waals surface area contributed by atoms with Crippen molar-refractivity contribution in [1.82, 2.24) is 4.98 Å². The quantitative estimate of drug-likeness (QED) is 0.574. The van der Waals surface area contributed by atoms with Crippen LogP contribution in [0.5, 0.6) is 0 Å². The molecule has 0 saturated heterocycles. The van der Waals surface area contributed by atoms with Gasteiger partial charge in [0.15, 0.2) is 0 Å². The Bertz CT molecular complexity index is 832. The van der Waals surface area contributed by atoms with E-state index in [0.29, 0.717) is 0 Å². The minimum absolute atomic E-state index is 0.000662. The second kappa shape index (κ2) is 6.52.